The third kappa shape index (κ3) is 3.74. The standard InChI is InChI=1S/C14H30N2/c1-5-12(4)11-16(7-3)14-9-8-13(14)10-15-6-2/h12-15H,5-11H2,1-4H3. The highest BCUT2D eigenvalue weighted by molar-refractivity contribution is 4.90. The van der Waals surface area contributed by atoms with Gasteiger partial charge in [-0.05, 0) is 44.3 Å². The van der Waals surface area contributed by atoms with E-state index in [-0.39, 0.29) is 0 Å². The van der Waals surface area contributed by atoms with Crippen molar-refractivity contribution in [1.82, 2.24) is 10.2 Å². The molecule has 0 aromatic rings. The number of hydrogen-bond donors (Lipinski definition) is 1. The zero-order chi connectivity index (χ0) is 12.0. The molecular weight excluding hydrogens is 196 g/mol. The molecule has 0 radical (unpaired) electrons. The molecule has 3 atom stereocenters. The van der Waals surface area contributed by atoms with Crippen molar-refractivity contribution in [2.75, 3.05) is 26.2 Å². The van der Waals surface area contributed by atoms with Gasteiger partial charge in [-0.3, -0.25) is 0 Å². The summed E-state index contributed by atoms with van der Waals surface area (Å²) in [7, 11) is 0. The second-order valence-electron chi connectivity index (χ2n) is 5.31. The molecule has 1 fully saturated rings. The van der Waals surface area contributed by atoms with Gasteiger partial charge < -0.3 is 10.2 Å². The molecule has 0 amide bonds. The van der Waals surface area contributed by atoms with Crippen molar-refractivity contribution in [2.45, 2.75) is 53.0 Å². The summed E-state index contributed by atoms with van der Waals surface area (Å²) >= 11 is 0. The first-order valence-corrected chi connectivity index (χ1v) is 7.17. The van der Waals surface area contributed by atoms with Gasteiger partial charge in [-0.25, -0.2) is 0 Å². The predicted octanol–water partition coefficient (Wildman–Crippen LogP) is 2.74. The normalized spacial score (nSPS) is 26.8. The van der Waals surface area contributed by atoms with Crippen LogP contribution in [0.4, 0.5) is 0 Å². The first-order chi connectivity index (χ1) is 7.72. The fourth-order valence-corrected chi connectivity index (χ4v) is 2.63. The molecule has 2 nitrogen and oxygen atoms in total. The number of nitrogens with one attached hydrogen (secondary N) is 1. The Bertz CT molecular complexity index is 182. The maximum absolute atomic E-state index is 3.50. The maximum atomic E-state index is 3.50. The van der Waals surface area contributed by atoms with Gasteiger partial charge in [0.2, 0.25) is 0 Å². The van der Waals surface area contributed by atoms with Gasteiger partial charge in [0.1, 0.15) is 0 Å². The van der Waals surface area contributed by atoms with Gasteiger partial charge in [0, 0.05) is 12.6 Å². The van der Waals surface area contributed by atoms with Crippen LogP contribution in [0, 0.1) is 11.8 Å². The topological polar surface area (TPSA) is 15.3 Å². The molecule has 1 saturated carbocycles. The van der Waals surface area contributed by atoms with E-state index in [1.54, 1.807) is 0 Å². The summed E-state index contributed by atoms with van der Waals surface area (Å²) in [6.45, 7) is 14.0. The average molecular weight is 226 g/mol. The molecule has 1 aliphatic carbocycles. The van der Waals surface area contributed by atoms with Gasteiger partial charge in [-0.1, -0.05) is 34.1 Å². The average Bonchev–Trinajstić information content (AvgIpc) is 2.26. The van der Waals surface area contributed by atoms with Crippen LogP contribution in [0.1, 0.15) is 47.0 Å². The van der Waals surface area contributed by atoms with Gasteiger partial charge in [-0.15, -0.1) is 0 Å². The lowest BCUT2D eigenvalue weighted by molar-refractivity contribution is 0.0549. The van der Waals surface area contributed by atoms with E-state index in [4.69, 9.17) is 0 Å². The molecule has 0 aliphatic heterocycles. The molecule has 1 aliphatic rings. The quantitative estimate of drug-likeness (QED) is 0.684. The van der Waals surface area contributed by atoms with Crippen molar-refractivity contribution in [1.29, 1.82) is 0 Å². The molecule has 2 heteroatoms. The smallest absolute Gasteiger partial charge is 0.0136 e. The molecule has 0 saturated heterocycles. The summed E-state index contributed by atoms with van der Waals surface area (Å²) in [5.74, 6) is 1.75. The zero-order valence-electron chi connectivity index (χ0n) is 11.6. The monoisotopic (exact) mass is 226 g/mol. The van der Waals surface area contributed by atoms with E-state index in [1.807, 2.05) is 0 Å². The third-order valence-corrected chi connectivity index (χ3v) is 4.15. The fraction of sp³-hybridized carbons (Fsp3) is 1.00. The SMILES string of the molecule is CCNCC1CCC1N(CC)CC(C)CC. The minimum atomic E-state index is 0.848. The van der Waals surface area contributed by atoms with E-state index >= 15 is 0 Å². The fourth-order valence-electron chi connectivity index (χ4n) is 2.63. The van der Waals surface area contributed by atoms with Crippen LogP contribution in [0.2, 0.25) is 0 Å². The minimum Gasteiger partial charge on any atom is -0.317 e. The Morgan fingerprint density at radius 2 is 2.00 bits per heavy atom. The Balaban J connectivity index is 2.34. The van der Waals surface area contributed by atoms with Crippen LogP contribution < -0.4 is 5.32 Å². The van der Waals surface area contributed by atoms with E-state index in [9.17, 15) is 0 Å². The first-order valence-electron chi connectivity index (χ1n) is 7.17. The number of nitrogens with zero attached hydrogens (tertiary/aromatic N) is 1. The van der Waals surface area contributed by atoms with Crippen LogP contribution >= 0.6 is 0 Å². The van der Waals surface area contributed by atoms with Gasteiger partial charge in [0.25, 0.3) is 0 Å². The summed E-state index contributed by atoms with van der Waals surface area (Å²) < 4.78 is 0. The van der Waals surface area contributed by atoms with Crippen LogP contribution in [0.25, 0.3) is 0 Å². The summed E-state index contributed by atoms with van der Waals surface area (Å²) in [5.41, 5.74) is 0. The molecule has 3 unspecified atom stereocenters. The Morgan fingerprint density at radius 3 is 2.44 bits per heavy atom. The van der Waals surface area contributed by atoms with Crippen molar-refractivity contribution in [3.05, 3.63) is 0 Å². The van der Waals surface area contributed by atoms with Crippen molar-refractivity contribution in [3.63, 3.8) is 0 Å². The van der Waals surface area contributed by atoms with E-state index in [1.165, 1.54) is 38.9 Å². The Kier molecular flexibility index (Phi) is 6.37. The van der Waals surface area contributed by atoms with Gasteiger partial charge in [0.15, 0.2) is 0 Å². The lowest BCUT2D eigenvalue weighted by Gasteiger charge is -2.45. The largest absolute Gasteiger partial charge is 0.317 e. The first kappa shape index (κ1) is 14.0. The molecule has 0 bridgehead atoms. The number of hydrogen-bond acceptors (Lipinski definition) is 2. The summed E-state index contributed by atoms with van der Waals surface area (Å²) in [5, 5.41) is 3.50. The summed E-state index contributed by atoms with van der Waals surface area (Å²) in [6, 6.07) is 0.859. The van der Waals surface area contributed by atoms with Crippen LogP contribution in [-0.2, 0) is 0 Å². The Labute approximate surface area is 102 Å². The molecule has 0 spiro atoms. The van der Waals surface area contributed by atoms with Crippen molar-refractivity contribution in [3.8, 4) is 0 Å². The molecule has 0 aromatic carbocycles. The molecule has 0 heterocycles. The summed E-state index contributed by atoms with van der Waals surface area (Å²) in [4.78, 5) is 2.71. The van der Waals surface area contributed by atoms with E-state index in [0.29, 0.717) is 0 Å². The van der Waals surface area contributed by atoms with E-state index in [2.05, 4.69) is 37.9 Å². The lowest BCUT2D eigenvalue weighted by Crippen LogP contribution is -2.51. The van der Waals surface area contributed by atoms with Crippen LogP contribution in [-0.4, -0.2) is 37.1 Å². The van der Waals surface area contributed by atoms with E-state index < -0.39 is 0 Å². The predicted molar refractivity (Wildman–Crippen MR) is 71.8 cm³/mol. The maximum Gasteiger partial charge on any atom is 0.0136 e. The van der Waals surface area contributed by atoms with E-state index in [0.717, 1.165) is 24.4 Å². The van der Waals surface area contributed by atoms with Gasteiger partial charge in [-0.2, -0.15) is 0 Å². The van der Waals surface area contributed by atoms with Gasteiger partial charge in [0.05, 0.1) is 0 Å². The van der Waals surface area contributed by atoms with Crippen LogP contribution in [0.15, 0.2) is 0 Å². The zero-order valence-corrected chi connectivity index (χ0v) is 11.6. The molecular formula is C14H30N2. The third-order valence-electron chi connectivity index (χ3n) is 4.15. The highest BCUT2D eigenvalue weighted by Gasteiger charge is 2.34. The molecule has 1 N–H and O–H groups in total. The van der Waals surface area contributed by atoms with Crippen molar-refractivity contribution < 1.29 is 0 Å². The van der Waals surface area contributed by atoms with Crippen molar-refractivity contribution in [2.24, 2.45) is 11.8 Å². The second kappa shape index (κ2) is 7.29. The highest BCUT2D eigenvalue weighted by atomic mass is 15.2. The second-order valence-corrected chi connectivity index (χ2v) is 5.31. The van der Waals surface area contributed by atoms with Crippen LogP contribution in [0.3, 0.4) is 0 Å². The summed E-state index contributed by atoms with van der Waals surface area (Å²) in [6.07, 6.45) is 4.15. The molecule has 16 heavy (non-hydrogen) atoms. The Morgan fingerprint density at radius 1 is 1.25 bits per heavy atom. The molecule has 0 aromatic heterocycles. The Hall–Kier alpha value is -0.0800. The lowest BCUT2D eigenvalue weighted by atomic mass is 9.78. The minimum absolute atomic E-state index is 0.848. The molecule has 1 rings (SSSR count). The highest BCUT2D eigenvalue weighted by Crippen LogP contribution is 2.32. The molecule has 96 valence electrons. The van der Waals surface area contributed by atoms with Crippen molar-refractivity contribution >= 4 is 0 Å². The number of rotatable bonds is 8. The van der Waals surface area contributed by atoms with Crippen LogP contribution in [0.5, 0.6) is 0 Å². The van der Waals surface area contributed by atoms with Gasteiger partial charge >= 0.3 is 0 Å².